The SMILES string of the molecule is CCCC(C(C)C)C(CC)[SiH]1CCCCO1. The van der Waals surface area contributed by atoms with Crippen molar-refractivity contribution in [1.29, 1.82) is 0 Å². The summed E-state index contributed by atoms with van der Waals surface area (Å²) in [7, 11) is -0.887. The van der Waals surface area contributed by atoms with Crippen molar-refractivity contribution in [2.75, 3.05) is 6.61 Å². The van der Waals surface area contributed by atoms with Crippen LogP contribution in [0.5, 0.6) is 0 Å². The maximum atomic E-state index is 6.15. The van der Waals surface area contributed by atoms with Gasteiger partial charge in [0, 0.05) is 6.61 Å². The van der Waals surface area contributed by atoms with E-state index in [-0.39, 0.29) is 0 Å². The lowest BCUT2D eigenvalue weighted by Crippen LogP contribution is -2.34. The van der Waals surface area contributed by atoms with E-state index in [2.05, 4.69) is 27.7 Å². The second-order valence-corrected chi connectivity index (χ2v) is 8.52. The first kappa shape index (κ1) is 14.2. The van der Waals surface area contributed by atoms with Crippen molar-refractivity contribution in [3.05, 3.63) is 0 Å². The highest BCUT2D eigenvalue weighted by Crippen LogP contribution is 2.38. The van der Waals surface area contributed by atoms with Crippen molar-refractivity contribution in [3.8, 4) is 0 Å². The van der Waals surface area contributed by atoms with Crippen LogP contribution in [0, 0.1) is 11.8 Å². The first-order valence-corrected chi connectivity index (χ1v) is 9.27. The Morgan fingerprint density at radius 2 is 1.94 bits per heavy atom. The molecule has 3 unspecified atom stereocenters. The summed E-state index contributed by atoms with van der Waals surface area (Å²) >= 11 is 0. The smallest absolute Gasteiger partial charge is 0.180 e. The van der Waals surface area contributed by atoms with Gasteiger partial charge in [-0.2, -0.15) is 0 Å². The van der Waals surface area contributed by atoms with Crippen molar-refractivity contribution < 1.29 is 4.43 Å². The zero-order valence-electron chi connectivity index (χ0n) is 11.7. The molecule has 0 aliphatic carbocycles. The molecule has 0 radical (unpaired) electrons. The largest absolute Gasteiger partial charge is 0.420 e. The molecule has 1 fully saturated rings. The van der Waals surface area contributed by atoms with E-state index >= 15 is 0 Å². The fraction of sp³-hybridized carbons (Fsp3) is 1.00. The maximum absolute atomic E-state index is 6.15. The molecular formula is C14H30OSi. The summed E-state index contributed by atoms with van der Waals surface area (Å²) in [5.74, 6) is 1.76. The fourth-order valence-electron chi connectivity index (χ4n) is 3.32. The zero-order chi connectivity index (χ0) is 12.0. The van der Waals surface area contributed by atoms with Crippen molar-refractivity contribution in [2.24, 2.45) is 11.8 Å². The van der Waals surface area contributed by atoms with Gasteiger partial charge in [-0.05, 0) is 29.8 Å². The average Bonchev–Trinajstić information content (AvgIpc) is 2.30. The van der Waals surface area contributed by atoms with Gasteiger partial charge in [0.1, 0.15) is 0 Å². The third-order valence-corrected chi connectivity index (χ3v) is 7.75. The molecule has 96 valence electrons. The summed E-state index contributed by atoms with van der Waals surface area (Å²) in [5, 5.41) is 0. The molecule has 16 heavy (non-hydrogen) atoms. The van der Waals surface area contributed by atoms with E-state index in [9.17, 15) is 0 Å². The second-order valence-electron chi connectivity index (χ2n) is 5.67. The predicted molar refractivity (Wildman–Crippen MR) is 74.4 cm³/mol. The molecule has 1 heterocycles. The molecule has 0 saturated carbocycles. The van der Waals surface area contributed by atoms with Gasteiger partial charge in [-0.25, -0.2) is 0 Å². The fourth-order valence-corrected chi connectivity index (χ4v) is 7.04. The van der Waals surface area contributed by atoms with Gasteiger partial charge in [-0.3, -0.25) is 0 Å². The molecule has 0 aromatic heterocycles. The minimum Gasteiger partial charge on any atom is -0.420 e. The minimum absolute atomic E-state index is 0.836. The first-order valence-electron chi connectivity index (χ1n) is 7.32. The molecule has 0 amide bonds. The highest BCUT2D eigenvalue weighted by molar-refractivity contribution is 6.53. The lowest BCUT2D eigenvalue weighted by Gasteiger charge is -2.36. The van der Waals surface area contributed by atoms with E-state index in [1.54, 1.807) is 0 Å². The third-order valence-electron chi connectivity index (χ3n) is 4.19. The van der Waals surface area contributed by atoms with Crippen LogP contribution in [0.25, 0.3) is 0 Å². The van der Waals surface area contributed by atoms with Gasteiger partial charge in [0.25, 0.3) is 0 Å². The highest BCUT2D eigenvalue weighted by atomic mass is 28.3. The molecule has 0 aromatic rings. The molecule has 0 aromatic carbocycles. The van der Waals surface area contributed by atoms with E-state index in [0.717, 1.165) is 24.0 Å². The van der Waals surface area contributed by atoms with Crippen LogP contribution in [0.4, 0.5) is 0 Å². The predicted octanol–water partition coefficient (Wildman–Crippen LogP) is 4.37. The Balaban J connectivity index is 2.60. The Morgan fingerprint density at radius 3 is 2.38 bits per heavy atom. The van der Waals surface area contributed by atoms with Crippen LogP contribution in [-0.4, -0.2) is 15.6 Å². The maximum Gasteiger partial charge on any atom is 0.180 e. The number of hydrogen-bond acceptors (Lipinski definition) is 1. The summed E-state index contributed by atoms with van der Waals surface area (Å²) in [4.78, 5) is 0. The minimum atomic E-state index is -0.887. The summed E-state index contributed by atoms with van der Waals surface area (Å²) in [6.07, 6.45) is 6.83. The lowest BCUT2D eigenvalue weighted by molar-refractivity contribution is 0.246. The van der Waals surface area contributed by atoms with Gasteiger partial charge >= 0.3 is 0 Å². The summed E-state index contributed by atoms with van der Waals surface area (Å²) < 4.78 is 6.15. The van der Waals surface area contributed by atoms with E-state index < -0.39 is 9.04 Å². The molecule has 1 aliphatic heterocycles. The van der Waals surface area contributed by atoms with Crippen molar-refractivity contribution >= 4 is 9.04 Å². The third kappa shape index (κ3) is 3.88. The first-order chi connectivity index (χ1) is 7.70. The zero-order valence-corrected chi connectivity index (χ0v) is 12.8. The van der Waals surface area contributed by atoms with Crippen LogP contribution in [-0.2, 0) is 4.43 Å². The molecular weight excluding hydrogens is 212 g/mol. The average molecular weight is 242 g/mol. The van der Waals surface area contributed by atoms with Crippen molar-refractivity contribution in [1.82, 2.24) is 0 Å². The Bertz CT molecular complexity index is 176. The van der Waals surface area contributed by atoms with Gasteiger partial charge in [0.2, 0.25) is 0 Å². The van der Waals surface area contributed by atoms with Gasteiger partial charge in [-0.1, -0.05) is 53.4 Å². The summed E-state index contributed by atoms with van der Waals surface area (Å²) in [6.45, 7) is 10.6. The quantitative estimate of drug-likeness (QED) is 0.628. The molecule has 3 atom stereocenters. The van der Waals surface area contributed by atoms with Crippen molar-refractivity contribution in [2.45, 2.75) is 71.4 Å². The topological polar surface area (TPSA) is 9.23 Å². The van der Waals surface area contributed by atoms with E-state index in [1.807, 2.05) is 0 Å². The lowest BCUT2D eigenvalue weighted by atomic mass is 9.87. The van der Waals surface area contributed by atoms with Crippen LogP contribution in [0.3, 0.4) is 0 Å². The van der Waals surface area contributed by atoms with Gasteiger partial charge < -0.3 is 4.43 Å². The molecule has 0 spiro atoms. The molecule has 0 bridgehead atoms. The number of hydrogen-bond donors (Lipinski definition) is 0. The van der Waals surface area contributed by atoms with Gasteiger partial charge in [0.15, 0.2) is 9.04 Å². The van der Waals surface area contributed by atoms with E-state index in [4.69, 9.17) is 4.43 Å². The normalized spacial score (nSPS) is 25.7. The van der Waals surface area contributed by atoms with Crippen molar-refractivity contribution in [3.63, 3.8) is 0 Å². The van der Waals surface area contributed by atoms with Crippen LogP contribution in [0.15, 0.2) is 0 Å². The van der Waals surface area contributed by atoms with Crippen LogP contribution >= 0.6 is 0 Å². The van der Waals surface area contributed by atoms with Gasteiger partial charge in [0.05, 0.1) is 0 Å². The molecule has 1 nitrogen and oxygen atoms in total. The number of rotatable bonds is 6. The Morgan fingerprint density at radius 1 is 1.19 bits per heavy atom. The molecule has 2 heteroatoms. The molecule has 1 rings (SSSR count). The van der Waals surface area contributed by atoms with Crippen LogP contribution in [0.1, 0.15) is 59.8 Å². The van der Waals surface area contributed by atoms with Gasteiger partial charge in [-0.15, -0.1) is 0 Å². The van der Waals surface area contributed by atoms with Crippen LogP contribution in [0.2, 0.25) is 11.6 Å². The Kier molecular flexibility index (Phi) is 6.67. The summed E-state index contributed by atoms with van der Waals surface area (Å²) in [6, 6.07) is 1.44. The Labute approximate surface area is 104 Å². The second kappa shape index (κ2) is 7.49. The summed E-state index contributed by atoms with van der Waals surface area (Å²) in [5.41, 5.74) is 0.931. The standard InChI is InChI=1S/C14H30OSi/c1-5-9-13(12(3)4)14(6-2)16-11-8-7-10-15-16/h12-14,16H,5-11H2,1-4H3. The van der Waals surface area contributed by atoms with Crippen LogP contribution < -0.4 is 0 Å². The monoisotopic (exact) mass is 242 g/mol. The van der Waals surface area contributed by atoms with E-state index in [0.29, 0.717) is 0 Å². The molecule has 0 N–H and O–H groups in total. The highest BCUT2D eigenvalue weighted by Gasteiger charge is 2.32. The van der Waals surface area contributed by atoms with E-state index in [1.165, 1.54) is 38.1 Å². The Hall–Kier alpha value is 0.177. The molecule has 1 saturated heterocycles. The molecule has 1 aliphatic rings.